The Balaban J connectivity index is 2.01. The Morgan fingerprint density at radius 1 is 1.44 bits per heavy atom. The molecule has 4 nitrogen and oxygen atoms in total. The van der Waals surface area contributed by atoms with Crippen LogP contribution in [0.2, 0.25) is 0 Å². The predicted molar refractivity (Wildman–Crippen MR) is 58.5 cm³/mol. The predicted octanol–water partition coefficient (Wildman–Crippen LogP) is 1.68. The number of ether oxygens (including phenoxy) is 1. The number of benzene rings is 1. The van der Waals surface area contributed by atoms with Gasteiger partial charge in [-0.05, 0) is 17.7 Å². The maximum absolute atomic E-state index is 10.7. The Kier molecular flexibility index (Phi) is 2.88. The van der Waals surface area contributed by atoms with Crippen molar-refractivity contribution in [3.8, 4) is 6.07 Å². The first-order valence-electron chi connectivity index (χ1n) is 4.89. The van der Waals surface area contributed by atoms with Gasteiger partial charge in [-0.2, -0.15) is 5.26 Å². The van der Waals surface area contributed by atoms with Crippen LogP contribution >= 0.6 is 0 Å². The van der Waals surface area contributed by atoms with E-state index >= 15 is 0 Å². The highest BCUT2D eigenvalue weighted by molar-refractivity contribution is 5.70. The van der Waals surface area contributed by atoms with Crippen LogP contribution in [0.4, 0.5) is 4.79 Å². The number of nitriles is 1. The molecule has 0 spiro atoms. The van der Waals surface area contributed by atoms with Gasteiger partial charge in [-0.25, -0.2) is 4.79 Å². The maximum atomic E-state index is 10.7. The number of alkyl carbamates (subject to hydrolysis) is 1. The molecule has 0 aromatic heterocycles. The van der Waals surface area contributed by atoms with E-state index in [4.69, 9.17) is 10.00 Å². The first-order chi connectivity index (χ1) is 7.78. The number of rotatable bonds is 2. The van der Waals surface area contributed by atoms with Crippen LogP contribution < -0.4 is 5.32 Å². The number of hydrogen-bond acceptors (Lipinski definition) is 3. The summed E-state index contributed by atoms with van der Waals surface area (Å²) in [6.07, 6.45) is 3.38. The fourth-order valence-electron chi connectivity index (χ4n) is 1.40. The number of nitrogens with one attached hydrogen (secondary N) is 1. The Morgan fingerprint density at radius 2 is 2.19 bits per heavy atom. The summed E-state index contributed by atoms with van der Waals surface area (Å²) in [5.74, 6) is 0. The number of carbonyl (C=O) groups is 1. The van der Waals surface area contributed by atoms with Gasteiger partial charge >= 0.3 is 6.09 Å². The Morgan fingerprint density at radius 3 is 2.75 bits per heavy atom. The average molecular weight is 214 g/mol. The smallest absolute Gasteiger partial charge is 0.407 e. The van der Waals surface area contributed by atoms with Crippen molar-refractivity contribution in [2.75, 3.05) is 6.61 Å². The summed E-state index contributed by atoms with van der Waals surface area (Å²) in [5, 5.41) is 11.3. The van der Waals surface area contributed by atoms with Gasteiger partial charge < -0.3 is 10.1 Å². The van der Waals surface area contributed by atoms with Gasteiger partial charge in [0.1, 0.15) is 6.61 Å². The third-order valence-corrected chi connectivity index (χ3v) is 2.26. The minimum Gasteiger partial charge on any atom is -0.447 e. The van der Waals surface area contributed by atoms with E-state index in [1.54, 1.807) is 12.1 Å². The molecule has 80 valence electrons. The zero-order chi connectivity index (χ0) is 11.4. The molecule has 0 saturated carbocycles. The molecular weight excluding hydrogens is 204 g/mol. The molecular formula is C12H10N2O2. The molecule has 1 fully saturated rings. The second kappa shape index (κ2) is 4.49. The van der Waals surface area contributed by atoms with E-state index < -0.39 is 0 Å². The zero-order valence-corrected chi connectivity index (χ0v) is 8.51. The van der Waals surface area contributed by atoms with Crippen molar-refractivity contribution in [1.29, 1.82) is 5.26 Å². The molecule has 1 heterocycles. The van der Waals surface area contributed by atoms with E-state index in [-0.39, 0.29) is 12.1 Å². The number of carbonyl (C=O) groups excluding carboxylic acids is 1. The fraction of sp³-hybridized carbons (Fsp3) is 0.167. The summed E-state index contributed by atoms with van der Waals surface area (Å²) in [4.78, 5) is 10.7. The number of nitrogens with zero attached hydrogens (tertiary/aromatic N) is 1. The highest BCUT2D eigenvalue weighted by Gasteiger charge is 2.18. The van der Waals surface area contributed by atoms with Crippen molar-refractivity contribution >= 4 is 12.2 Å². The lowest BCUT2D eigenvalue weighted by Gasteiger charge is -1.98. The van der Waals surface area contributed by atoms with Crippen LogP contribution in [0.15, 0.2) is 30.3 Å². The van der Waals surface area contributed by atoms with E-state index in [0.29, 0.717) is 12.2 Å². The van der Waals surface area contributed by atoms with Crippen LogP contribution in [0.25, 0.3) is 6.08 Å². The quantitative estimate of drug-likeness (QED) is 0.814. The topological polar surface area (TPSA) is 62.1 Å². The Bertz CT molecular complexity index is 457. The standard InChI is InChI=1S/C12H10N2O2/c13-7-10-3-1-9(2-4-10)5-6-11-8-16-12(15)14-11/h1-6,11H,8H2,(H,14,15)/b6-5+/t11-/m0/s1. The Hall–Kier alpha value is -2.28. The monoisotopic (exact) mass is 214 g/mol. The summed E-state index contributed by atoms with van der Waals surface area (Å²) >= 11 is 0. The van der Waals surface area contributed by atoms with Crippen molar-refractivity contribution in [2.24, 2.45) is 0 Å². The third-order valence-electron chi connectivity index (χ3n) is 2.26. The molecule has 4 heteroatoms. The van der Waals surface area contributed by atoms with Crippen molar-refractivity contribution < 1.29 is 9.53 Å². The second-order valence-electron chi connectivity index (χ2n) is 3.44. The van der Waals surface area contributed by atoms with Crippen LogP contribution in [0, 0.1) is 11.3 Å². The first kappa shape index (κ1) is 10.2. The largest absolute Gasteiger partial charge is 0.447 e. The Labute approximate surface area is 93.1 Å². The van der Waals surface area contributed by atoms with Crippen molar-refractivity contribution in [2.45, 2.75) is 6.04 Å². The van der Waals surface area contributed by atoms with E-state index in [9.17, 15) is 4.79 Å². The molecule has 0 aliphatic carbocycles. The summed E-state index contributed by atoms with van der Waals surface area (Å²) in [6, 6.07) is 9.20. The summed E-state index contributed by atoms with van der Waals surface area (Å²) in [7, 11) is 0. The maximum Gasteiger partial charge on any atom is 0.407 e. The fourth-order valence-corrected chi connectivity index (χ4v) is 1.40. The minimum absolute atomic E-state index is 0.0665. The van der Waals surface area contributed by atoms with Gasteiger partial charge in [-0.15, -0.1) is 0 Å². The zero-order valence-electron chi connectivity index (χ0n) is 8.51. The van der Waals surface area contributed by atoms with Gasteiger partial charge in [0.15, 0.2) is 0 Å². The SMILES string of the molecule is N#Cc1ccc(/C=C/[C@H]2COC(=O)N2)cc1. The molecule has 1 atom stereocenters. The lowest BCUT2D eigenvalue weighted by Crippen LogP contribution is -2.23. The van der Waals surface area contributed by atoms with Gasteiger partial charge in [0.25, 0.3) is 0 Å². The molecule has 1 aliphatic heterocycles. The van der Waals surface area contributed by atoms with E-state index in [1.165, 1.54) is 0 Å². The highest BCUT2D eigenvalue weighted by atomic mass is 16.6. The molecule has 0 radical (unpaired) electrons. The molecule has 1 amide bonds. The van der Waals surface area contributed by atoms with Crippen molar-refractivity contribution in [1.82, 2.24) is 5.32 Å². The lowest BCUT2D eigenvalue weighted by atomic mass is 10.1. The molecule has 1 aromatic rings. The molecule has 0 bridgehead atoms. The summed E-state index contributed by atoms with van der Waals surface area (Å²) in [5.41, 5.74) is 1.62. The van der Waals surface area contributed by atoms with Crippen LogP contribution in [0.5, 0.6) is 0 Å². The van der Waals surface area contributed by atoms with Crippen LogP contribution in [-0.2, 0) is 4.74 Å². The molecule has 0 unspecified atom stereocenters. The highest BCUT2D eigenvalue weighted by Crippen LogP contribution is 2.07. The normalized spacial score (nSPS) is 19.2. The molecule has 1 N–H and O–H groups in total. The van der Waals surface area contributed by atoms with Gasteiger partial charge in [0.05, 0.1) is 17.7 Å². The van der Waals surface area contributed by atoms with Gasteiger partial charge in [-0.3, -0.25) is 0 Å². The average Bonchev–Trinajstić information content (AvgIpc) is 2.73. The molecule has 2 rings (SSSR count). The molecule has 1 saturated heterocycles. The molecule has 1 aromatic carbocycles. The van der Waals surface area contributed by atoms with Crippen LogP contribution in [0.1, 0.15) is 11.1 Å². The van der Waals surface area contributed by atoms with Gasteiger partial charge in [0, 0.05) is 0 Å². The molecule has 16 heavy (non-hydrogen) atoms. The minimum atomic E-state index is -0.380. The van der Waals surface area contributed by atoms with Crippen LogP contribution in [0.3, 0.4) is 0 Å². The summed E-state index contributed by atoms with van der Waals surface area (Å²) in [6.45, 7) is 0.367. The van der Waals surface area contributed by atoms with E-state index in [0.717, 1.165) is 5.56 Å². The summed E-state index contributed by atoms with van der Waals surface area (Å²) < 4.78 is 4.75. The van der Waals surface area contributed by atoms with Gasteiger partial charge in [-0.1, -0.05) is 24.3 Å². The number of hydrogen-bond donors (Lipinski definition) is 1. The number of cyclic esters (lactones) is 1. The first-order valence-corrected chi connectivity index (χ1v) is 4.89. The lowest BCUT2D eigenvalue weighted by molar-refractivity contribution is 0.177. The van der Waals surface area contributed by atoms with Crippen molar-refractivity contribution in [3.63, 3.8) is 0 Å². The van der Waals surface area contributed by atoms with Gasteiger partial charge in [0.2, 0.25) is 0 Å². The molecule has 1 aliphatic rings. The van der Waals surface area contributed by atoms with Crippen LogP contribution in [-0.4, -0.2) is 18.7 Å². The van der Waals surface area contributed by atoms with E-state index in [1.807, 2.05) is 24.3 Å². The van der Waals surface area contributed by atoms with E-state index in [2.05, 4.69) is 11.4 Å². The van der Waals surface area contributed by atoms with Crippen molar-refractivity contribution in [3.05, 3.63) is 41.5 Å². The second-order valence-corrected chi connectivity index (χ2v) is 3.44. The third kappa shape index (κ3) is 2.39. The number of amides is 1.